The summed E-state index contributed by atoms with van der Waals surface area (Å²) >= 11 is 0. The zero-order valence-corrected chi connectivity index (χ0v) is 10.6. The molecule has 17 heavy (non-hydrogen) atoms. The molecule has 1 rings (SSSR count). The zero-order valence-electron chi connectivity index (χ0n) is 10.6. The van der Waals surface area contributed by atoms with Gasteiger partial charge in [0, 0.05) is 38.8 Å². The van der Waals surface area contributed by atoms with E-state index in [0.717, 1.165) is 13.1 Å². The molecule has 98 valence electrons. The number of carbonyl (C=O) groups is 2. The van der Waals surface area contributed by atoms with E-state index in [1.165, 1.54) is 0 Å². The lowest BCUT2D eigenvalue weighted by Crippen LogP contribution is -2.56. The number of nitrogens with one attached hydrogen (secondary N) is 1. The molecule has 1 heterocycles. The van der Waals surface area contributed by atoms with Crippen LogP contribution in [0, 0.1) is 0 Å². The normalized spacial score (nSPS) is 21.4. The second kappa shape index (κ2) is 6.56. The van der Waals surface area contributed by atoms with Crippen molar-refractivity contribution in [3.8, 4) is 0 Å². The molecule has 0 aromatic heterocycles. The maximum Gasteiger partial charge on any atom is 0.311 e. The van der Waals surface area contributed by atoms with E-state index in [1.54, 1.807) is 4.90 Å². The predicted octanol–water partition coefficient (Wildman–Crippen LogP) is -1.39. The van der Waals surface area contributed by atoms with E-state index in [9.17, 15) is 9.59 Å². The maximum atomic E-state index is 11.8. The molecular weight excluding hydrogens is 220 g/mol. The summed E-state index contributed by atoms with van der Waals surface area (Å²) < 4.78 is 0. The Kier molecular flexibility index (Phi) is 5.37. The molecule has 1 unspecified atom stereocenters. The topological polar surface area (TPSA) is 78.7 Å². The van der Waals surface area contributed by atoms with Crippen LogP contribution in [0.15, 0.2) is 0 Å². The smallest absolute Gasteiger partial charge is 0.311 e. The molecule has 2 amide bonds. The van der Waals surface area contributed by atoms with Gasteiger partial charge in [-0.3, -0.25) is 14.5 Å². The van der Waals surface area contributed by atoms with Crippen molar-refractivity contribution in [1.29, 1.82) is 0 Å². The van der Waals surface area contributed by atoms with E-state index in [0.29, 0.717) is 32.2 Å². The Morgan fingerprint density at radius 1 is 1.41 bits per heavy atom. The van der Waals surface area contributed by atoms with Crippen LogP contribution in [0.25, 0.3) is 0 Å². The van der Waals surface area contributed by atoms with Crippen LogP contribution in [-0.2, 0) is 9.59 Å². The van der Waals surface area contributed by atoms with Crippen molar-refractivity contribution in [3.05, 3.63) is 0 Å². The molecule has 1 aliphatic heterocycles. The van der Waals surface area contributed by atoms with Gasteiger partial charge in [0.15, 0.2) is 0 Å². The molecule has 3 N–H and O–H groups in total. The average Bonchev–Trinajstić information content (AvgIpc) is 2.34. The Morgan fingerprint density at radius 3 is 2.65 bits per heavy atom. The highest BCUT2D eigenvalue weighted by Gasteiger charge is 2.28. The molecular formula is C11H22N4O2. The van der Waals surface area contributed by atoms with Crippen molar-refractivity contribution < 1.29 is 9.59 Å². The van der Waals surface area contributed by atoms with Crippen LogP contribution in [0.2, 0.25) is 0 Å². The highest BCUT2D eigenvalue weighted by atomic mass is 16.2. The summed E-state index contributed by atoms with van der Waals surface area (Å²) in [4.78, 5) is 27.2. The number of nitrogens with two attached hydrogens (primary N) is 1. The van der Waals surface area contributed by atoms with Crippen LogP contribution in [0.3, 0.4) is 0 Å². The van der Waals surface area contributed by atoms with Gasteiger partial charge in [-0.25, -0.2) is 0 Å². The van der Waals surface area contributed by atoms with Gasteiger partial charge in [-0.1, -0.05) is 6.92 Å². The monoisotopic (exact) mass is 242 g/mol. The number of piperazine rings is 1. The summed E-state index contributed by atoms with van der Waals surface area (Å²) in [5.74, 6) is -0.992. The van der Waals surface area contributed by atoms with Crippen LogP contribution in [-0.4, -0.2) is 66.9 Å². The minimum Gasteiger partial charge on any atom is -0.347 e. The maximum absolute atomic E-state index is 11.8. The fourth-order valence-electron chi connectivity index (χ4n) is 2.05. The van der Waals surface area contributed by atoms with Crippen molar-refractivity contribution in [2.45, 2.75) is 19.9 Å². The Hall–Kier alpha value is -1.14. The number of hydrogen-bond acceptors (Lipinski definition) is 4. The lowest BCUT2D eigenvalue weighted by Gasteiger charge is -2.38. The first-order chi connectivity index (χ1) is 8.10. The van der Waals surface area contributed by atoms with Crippen molar-refractivity contribution in [2.24, 2.45) is 5.73 Å². The largest absolute Gasteiger partial charge is 0.347 e. The number of amides is 2. The molecule has 0 aromatic rings. The standard InChI is InChI=1S/C11H22N4O2/c1-3-14-6-7-15(8-9(14)2)11(17)10(16)13-5-4-12/h9H,3-8,12H2,1-2H3,(H,13,16). The Balaban J connectivity index is 2.46. The highest BCUT2D eigenvalue weighted by Crippen LogP contribution is 2.08. The Morgan fingerprint density at radius 2 is 2.12 bits per heavy atom. The molecule has 1 fully saturated rings. The van der Waals surface area contributed by atoms with Gasteiger partial charge in [0.05, 0.1) is 0 Å². The quantitative estimate of drug-likeness (QED) is 0.598. The molecule has 0 aliphatic carbocycles. The van der Waals surface area contributed by atoms with E-state index >= 15 is 0 Å². The van der Waals surface area contributed by atoms with Gasteiger partial charge in [-0.15, -0.1) is 0 Å². The van der Waals surface area contributed by atoms with Crippen LogP contribution in [0.1, 0.15) is 13.8 Å². The second-order valence-electron chi connectivity index (χ2n) is 4.27. The Bertz CT molecular complexity index is 283. The van der Waals surface area contributed by atoms with Gasteiger partial charge >= 0.3 is 11.8 Å². The van der Waals surface area contributed by atoms with Gasteiger partial charge < -0.3 is 16.0 Å². The lowest BCUT2D eigenvalue weighted by molar-refractivity contribution is -0.147. The third kappa shape index (κ3) is 3.67. The summed E-state index contributed by atoms with van der Waals surface area (Å²) in [5.41, 5.74) is 5.27. The fraction of sp³-hybridized carbons (Fsp3) is 0.818. The number of carbonyl (C=O) groups excluding carboxylic acids is 2. The van der Waals surface area contributed by atoms with Crippen molar-refractivity contribution in [1.82, 2.24) is 15.1 Å². The minimum absolute atomic E-state index is 0.306. The van der Waals surface area contributed by atoms with E-state index in [4.69, 9.17) is 5.73 Å². The number of nitrogens with zero attached hydrogens (tertiary/aromatic N) is 2. The first-order valence-corrected chi connectivity index (χ1v) is 6.11. The molecule has 1 atom stereocenters. The molecule has 0 aromatic carbocycles. The summed E-state index contributed by atoms with van der Waals surface area (Å²) in [6, 6.07) is 0.306. The van der Waals surface area contributed by atoms with E-state index in [-0.39, 0.29) is 0 Å². The van der Waals surface area contributed by atoms with E-state index in [2.05, 4.69) is 24.1 Å². The van der Waals surface area contributed by atoms with Crippen molar-refractivity contribution >= 4 is 11.8 Å². The van der Waals surface area contributed by atoms with Gasteiger partial charge in [-0.05, 0) is 13.5 Å². The van der Waals surface area contributed by atoms with Crippen LogP contribution >= 0.6 is 0 Å². The lowest BCUT2D eigenvalue weighted by atomic mass is 10.2. The third-order valence-electron chi connectivity index (χ3n) is 3.08. The van der Waals surface area contributed by atoms with Crippen LogP contribution in [0.4, 0.5) is 0 Å². The number of hydrogen-bond donors (Lipinski definition) is 2. The first kappa shape index (κ1) is 13.9. The SMILES string of the molecule is CCN1CCN(C(=O)C(=O)NCCN)CC1C. The van der Waals surface area contributed by atoms with Crippen molar-refractivity contribution in [2.75, 3.05) is 39.3 Å². The molecule has 6 nitrogen and oxygen atoms in total. The molecule has 0 spiro atoms. The molecule has 6 heteroatoms. The second-order valence-corrected chi connectivity index (χ2v) is 4.27. The van der Waals surface area contributed by atoms with Crippen LogP contribution < -0.4 is 11.1 Å². The zero-order chi connectivity index (χ0) is 12.8. The summed E-state index contributed by atoms with van der Waals surface area (Å²) in [7, 11) is 0. The van der Waals surface area contributed by atoms with Gasteiger partial charge in [0.1, 0.15) is 0 Å². The molecule has 0 bridgehead atoms. The molecule has 0 saturated carbocycles. The highest BCUT2D eigenvalue weighted by molar-refractivity contribution is 6.35. The third-order valence-corrected chi connectivity index (χ3v) is 3.08. The van der Waals surface area contributed by atoms with E-state index < -0.39 is 11.8 Å². The summed E-state index contributed by atoms with van der Waals surface area (Å²) in [6.07, 6.45) is 0. The van der Waals surface area contributed by atoms with Gasteiger partial charge in [0.2, 0.25) is 0 Å². The molecule has 0 radical (unpaired) electrons. The predicted molar refractivity (Wildman–Crippen MR) is 65.4 cm³/mol. The average molecular weight is 242 g/mol. The number of rotatable bonds is 3. The van der Waals surface area contributed by atoms with Gasteiger partial charge in [-0.2, -0.15) is 0 Å². The molecule has 1 saturated heterocycles. The fourth-order valence-corrected chi connectivity index (χ4v) is 2.05. The summed E-state index contributed by atoms with van der Waals surface area (Å²) in [6.45, 7) is 7.89. The number of likely N-dealkylation sites (N-methyl/N-ethyl adjacent to an activating group) is 1. The minimum atomic E-state index is -0.549. The van der Waals surface area contributed by atoms with E-state index in [1.807, 2.05) is 0 Å². The van der Waals surface area contributed by atoms with Crippen LogP contribution in [0.5, 0.6) is 0 Å². The van der Waals surface area contributed by atoms with Gasteiger partial charge in [0.25, 0.3) is 0 Å². The first-order valence-electron chi connectivity index (χ1n) is 6.11. The summed E-state index contributed by atoms with van der Waals surface area (Å²) in [5, 5.41) is 2.50. The Labute approximate surface area is 102 Å². The van der Waals surface area contributed by atoms with Crippen molar-refractivity contribution in [3.63, 3.8) is 0 Å². The molecule has 1 aliphatic rings.